The Bertz CT molecular complexity index is 731. The van der Waals surface area contributed by atoms with Crippen molar-refractivity contribution in [3.8, 4) is 0 Å². The van der Waals surface area contributed by atoms with Crippen molar-refractivity contribution in [1.82, 2.24) is 0 Å². The van der Waals surface area contributed by atoms with E-state index < -0.39 is 34.8 Å². The normalized spacial score (nSPS) is 10.2. The third-order valence-corrected chi connectivity index (χ3v) is 2.72. The van der Waals surface area contributed by atoms with E-state index in [1.807, 2.05) is 0 Å². The highest BCUT2D eigenvalue weighted by molar-refractivity contribution is 5.96. The number of hydrogen-bond donors (Lipinski definition) is 3. The summed E-state index contributed by atoms with van der Waals surface area (Å²) in [6.07, 6.45) is 0. The van der Waals surface area contributed by atoms with Gasteiger partial charge in [-0.05, 0) is 30.3 Å². The van der Waals surface area contributed by atoms with Gasteiger partial charge in [-0.1, -0.05) is 6.07 Å². The van der Waals surface area contributed by atoms with Gasteiger partial charge in [0.15, 0.2) is 0 Å². The molecule has 0 saturated carbocycles. The van der Waals surface area contributed by atoms with E-state index in [2.05, 4.69) is 5.32 Å². The van der Waals surface area contributed by atoms with E-state index >= 15 is 0 Å². The predicted octanol–water partition coefficient (Wildman–Crippen LogP) is 3.10. The summed E-state index contributed by atoms with van der Waals surface area (Å²) < 4.78 is 27.4. The van der Waals surface area contributed by atoms with Crippen LogP contribution in [0, 0.1) is 11.6 Å². The lowest BCUT2D eigenvalue weighted by Crippen LogP contribution is -2.07. The van der Waals surface area contributed by atoms with E-state index in [1.165, 1.54) is 6.07 Å². The molecule has 0 aliphatic carbocycles. The fourth-order valence-electron chi connectivity index (χ4n) is 1.72. The SMILES string of the molecule is O=C(O)c1ccc(F)c(Nc2c(F)cccc2C(=O)O)c1. The largest absolute Gasteiger partial charge is 0.478 e. The van der Waals surface area contributed by atoms with Crippen LogP contribution in [0.5, 0.6) is 0 Å². The van der Waals surface area contributed by atoms with Crippen LogP contribution in [0.1, 0.15) is 20.7 Å². The summed E-state index contributed by atoms with van der Waals surface area (Å²) in [5, 5.41) is 20.1. The summed E-state index contributed by atoms with van der Waals surface area (Å²) >= 11 is 0. The maximum absolute atomic E-state index is 13.7. The Balaban J connectivity index is 2.50. The zero-order chi connectivity index (χ0) is 15.6. The summed E-state index contributed by atoms with van der Waals surface area (Å²) in [6.45, 7) is 0. The van der Waals surface area contributed by atoms with Crippen molar-refractivity contribution in [3.63, 3.8) is 0 Å². The molecule has 0 aliphatic heterocycles. The van der Waals surface area contributed by atoms with E-state index in [1.54, 1.807) is 0 Å². The van der Waals surface area contributed by atoms with Crippen molar-refractivity contribution in [2.45, 2.75) is 0 Å². The first-order valence-electron chi connectivity index (χ1n) is 5.72. The highest BCUT2D eigenvalue weighted by atomic mass is 19.1. The van der Waals surface area contributed by atoms with Gasteiger partial charge in [-0.15, -0.1) is 0 Å². The van der Waals surface area contributed by atoms with Crippen molar-refractivity contribution in [2.24, 2.45) is 0 Å². The quantitative estimate of drug-likeness (QED) is 0.806. The summed E-state index contributed by atoms with van der Waals surface area (Å²) in [5.41, 5.74) is -1.38. The number of carboxylic acid groups (broad SMARTS) is 2. The number of carbonyl (C=O) groups is 2. The fraction of sp³-hybridized carbons (Fsp3) is 0. The average Bonchev–Trinajstić information content (AvgIpc) is 2.42. The van der Waals surface area contributed by atoms with Crippen molar-refractivity contribution in [3.05, 3.63) is 59.2 Å². The number of anilines is 2. The molecular formula is C14H9F2NO4. The molecule has 0 spiro atoms. The van der Waals surface area contributed by atoms with E-state index in [0.29, 0.717) is 0 Å². The Labute approximate surface area is 117 Å². The summed E-state index contributed by atoms with van der Waals surface area (Å²) in [7, 11) is 0. The van der Waals surface area contributed by atoms with Crippen LogP contribution in [-0.4, -0.2) is 22.2 Å². The average molecular weight is 293 g/mol. The van der Waals surface area contributed by atoms with Crippen LogP contribution in [0.2, 0.25) is 0 Å². The molecule has 0 aliphatic rings. The van der Waals surface area contributed by atoms with E-state index in [9.17, 15) is 18.4 Å². The predicted molar refractivity (Wildman–Crippen MR) is 70.0 cm³/mol. The molecule has 2 rings (SSSR count). The topological polar surface area (TPSA) is 86.6 Å². The molecule has 5 nitrogen and oxygen atoms in total. The minimum Gasteiger partial charge on any atom is -0.478 e. The van der Waals surface area contributed by atoms with Gasteiger partial charge in [-0.2, -0.15) is 0 Å². The lowest BCUT2D eigenvalue weighted by molar-refractivity contribution is 0.0686. The Morgan fingerprint density at radius 1 is 0.952 bits per heavy atom. The van der Waals surface area contributed by atoms with Crippen LogP contribution in [0.15, 0.2) is 36.4 Å². The maximum Gasteiger partial charge on any atom is 0.337 e. The second-order valence-corrected chi connectivity index (χ2v) is 4.09. The minimum atomic E-state index is -1.40. The molecule has 2 aromatic rings. The van der Waals surface area contributed by atoms with Crippen molar-refractivity contribution in [2.75, 3.05) is 5.32 Å². The monoisotopic (exact) mass is 293 g/mol. The maximum atomic E-state index is 13.7. The van der Waals surface area contributed by atoms with E-state index in [4.69, 9.17) is 10.2 Å². The standard InChI is InChI=1S/C14H9F2NO4/c15-9-5-4-7(13(18)19)6-11(9)17-12-8(14(20)21)2-1-3-10(12)16/h1-6,17H,(H,18,19)(H,20,21). The van der Waals surface area contributed by atoms with Gasteiger partial charge in [-0.3, -0.25) is 0 Å². The number of halogens is 2. The molecule has 7 heteroatoms. The molecule has 2 aromatic carbocycles. The molecule has 0 radical (unpaired) electrons. The highest BCUT2D eigenvalue weighted by Crippen LogP contribution is 2.26. The number of carboxylic acids is 2. The van der Waals surface area contributed by atoms with Crippen LogP contribution < -0.4 is 5.32 Å². The van der Waals surface area contributed by atoms with Gasteiger partial charge in [-0.25, -0.2) is 18.4 Å². The molecule has 0 saturated heterocycles. The fourth-order valence-corrected chi connectivity index (χ4v) is 1.72. The van der Waals surface area contributed by atoms with Gasteiger partial charge in [0.25, 0.3) is 0 Å². The van der Waals surface area contributed by atoms with E-state index in [0.717, 1.165) is 30.3 Å². The van der Waals surface area contributed by atoms with Gasteiger partial charge in [0.2, 0.25) is 0 Å². The molecule has 0 fully saturated rings. The van der Waals surface area contributed by atoms with Gasteiger partial charge >= 0.3 is 11.9 Å². The molecule has 3 N–H and O–H groups in total. The third-order valence-electron chi connectivity index (χ3n) is 2.72. The molecule has 0 atom stereocenters. The van der Waals surface area contributed by atoms with Gasteiger partial charge in [0.1, 0.15) is 11.6 Å². The van der Waals surface area contributed by atoms with Crippen LogP contribution >= 0.6 is 0 Å². The highest BCUT2D eigenvalue weighted by Gasteiger charge is 2.16. The summed E-state index contributed by atoms with van der Waals surface area (Å²) in [4.78, 5) is 21.9. The van der Waals surface area contributed by atoms with Gasteiger partial charge in [0.05, 0.1) is 22.5 Å². The van der Waals surface area contributed by atoms with E-state index in [-0.39, 0.29) is 11.3 Å². The van der Waals surface area contributed by atoms with Gasteiger partial charge < -0.3 is 15.5 Å². The van der Waals surface area contributed by atoms with Crippen LogP contribution in [0.4, 0.5) is 20.2 Å². The zero-order valence-electron chi connectivity index (χ0n) is 10.4. The third kappa shape index (κ3) is 2.97. The molecule has 108 valence electrons. The second-order valence-electron chi connectivity index (χ2n) is 4.09. The van der Waals surface area contributed by atoms with Crippen LogP contribution in [0.25, 0.3) is 0 Å². The first-order chi connectivity index (χ1) is 9.90. The van der Waals surface area contributed by atoms with Crippen molar-refractivity contribution < 1.29 is 28.6 Å². The number of benzene rings is 2. The van der Waals surface area contributed by atoms with Gasteiger partial charge in [0, 0.05) is 0 Å². The second kappa shape index (κ2) is 5.58. The Morgan fingerprint density at radius 3 is 2.29 bits per heavy atom. The lowest BCUT2D eigenvalue weighted by atomic mass is 10.1. The molecule has 21 heavy (non-hydrogen) atoms. The summed E-state index contributed by atoms with van der Waals surface area (Å²) in [6, 6.07) is 6.25. The Morgan fingerprint density at radius 2 is 1.67 bits per heavy atom. The summed E-state index contributed by atoms with van der Waals surface area (Å²) in [5.74, 6) is -4.41. The smallest absolute Gasteiger partial charge is 0.337 e. The number of aromatic carboxylic acids is 2. The number of hydrogen-bond acceptors (Lipinski definition) is 3. The van der Waals surface area contributed by atoms with Crippen molar-refractivity contribution >= 4 is 23.3 Å². The number of para-hydroxylation sites is 1. The Hall–Kier alpha value is -2.96. The van der Waals surface area contributed by atoms with Crippen molar-refractivity contribution in [1.29, 1.82) is 0 Å². The first kappa shape index (κ1) is 14.4. The molecule has 0 amide bonds. The molecular weight excluding hydrogens is 284 g/mol. The first-order valence-corrected chi connectivity index (χ1v) is 5.72. The number of nitrogens with one attached hydrogen (secondary N) is 1. The molecule has 0 unspecified atom stereocenters. The zero-order valence-corrected chi connectivity index (χ0v) is 10.4. The molecule has 0 heterocycles. The number of rotatable bonds is 4. The molecule has 0 aromatic heterocycles. The minimum absolute atomic E-state index is 0.216. The van der Waals surface area contributed by atoms with Crippen LogP contribution in [-0.2, 0) is 0 Å². The Kier molecular flexibility index (Phi) is 3.84. The van der Waals surface area contributed by atoms with Crippen LogP contribution in [0.3, 0.4) is 0 Å². The lowest BCUT2D eigenvalue weighted by Gasteiger charge is -2.12. The molecule has 0 bridgehead atoms.